The molecule has 1 aliphatic carbocycles. The maximum absolute atomic E-state index is 13.9. The molecule has 0 spiro atoms. The molecule has 0 radical (unpaired) electrons. The van der Waals surface area contributed by atoms with Gasteiger partial charge in [-0.2, -0.15) is 0 Å². The van der Waals surface area contributed by atoms with Gasteiger partial charge < -0.3 is 9.84 Å². The summed E-state index contributed by atoms with van der Waals surface area (Å²) in [6.45, 7) is 8.81. The molecule has 3 nitrogen and oxygen atoms in total. The molecule has 2 aromatic rings. The Morgan fingerprint density at radius 2 is 1.48 bits per heavy atom. The second kappa shape index (κ2) is 7.18. The van der Waals surface area contributed by atoms with Crippen molar-refractivity contribution in [2.75, 3.05) is 7.11 Å². The van der Waals surface area contributed by atoms with Gasteiger partial charge in [0.2, 0.25) is 0 Å². The average Bonchev–Trinajstić information content (AvgIpc) is 2.62. The molecule has 0 fully saturated rings. The lowest BCUT2D eigenvalue weighted by Gasteiger charge is -2.42. The topological polar surface area (TPSA) is 46.5 Å². The summed E-state index contributed by atoms with van der Waals surface area (Å²) in [4.78, 5) is 10.9. The van der Waals surface area contributed by atoms with Crippen LogP contribution in [0.25, 0.3) is 0 Å². The molecular formula is C24H24F2O3. The fraction of sp³-hybridized carbons (Fsp3) is 0.375. The Balaban J connectivity index is 2.12. The number of carbonyl (C=O) groups is 1. The Bertz CT molecular complexity index is 1030. The van der Waals surface area contributed by atoms with E-state index in [4.69, 9.17) is 9.84 Å². The molecule has 0 unspecified atom stereocenters. The van der Waals surface area contributed by atoms with Gasteiger partial charge in [0.05, 0.1) is 12.7 Å². The molecular weight excluding hydrogens is 374 g/mol. The number of halogens is 2. The van der Waals surface area contributed by atoms with Crippen LogP contribution in [0.4, 0.5) is 8.78 Å². The SMILES string of the molecule is COc1cc2c(cc1C#Cc1cc(F)c(C(=O)O)c(F)c1)C(C)(C)CCC2(C)C. The molecule has 0 heterocycles. The van der Waals surface area contributed by atoms with Gasteiger partial charge in [-0.3, -0.25) is 0 Å². The van der Waals surface area contributed by atoms with E-state index < -0.39 is 23.2 Å². The summed E-state index contributed by atoms with van der Waals surface area (Å²) >= 11 is 0. The van der Waals surface area contributed by atoms with Crippen LogP contribution in [0.5, 0.6) is 5.75 Å². The quantitative estimate of drug-likeness (QED) is 0.687. The van der Waals surface area contributed by atoms with Crippen LogP contribution in [-0.4, -0.2) is 18.2 Å². The van der Waals surface area contributed by atoms with Crippen molar-refractivity contribution >= 4 is 5.97 Å². The third-order valence-corrected chi connectivity index (χ3v) is 5.77. The third-order valence-electron chi connectivity index (χ3n) is 5.77. The van der Waals surface area contributed by atoms with Gasteiger partial charge >= 0.3 is 5.97 Å². The number of rotatable bonds is 2. The fourth-order valence-electron chi connectivity index (χ4n) is 3.85. The summed E-state index contributed by atoms with van der Waals surface area (Å²) in [5, 5.41) is 8.88. The van der Waals surface area contributed by atoms with Crippen LogP contribution in [0.2, 0.25) is 0 Å². The minimum Gasteiger partial charge on any atom is -0.495 e. The van der Waals surface area contributed by atoms with Gasteiger partial charge in [-0.05, 0) is 59.1 Å². The Morgan fingerprint density at radius 3 is 1.97 bits per heavy atom. The van der Waals surface area contributed by atoms with E-state index in [1.165, 1.54) is 11.1 Å². The molecule has 5 heteroatoms. The molecule has 0 atom stereocenters. The van der Waals surface area contributed by atoms with Crippen LogP contribution in [0.15, 0.2) is 24.3 Å². The predicted molar refractivity (Wildman–Crippen MR) is 108 cm³/mol. The number of carboxylic acids is 1. The lowest BCUT2D eigenvalue weighted by atomic mass is 9.63. The fourth-order valence-corrected chi connectivity index (χ4v) is 3.85. The molecule has 0 amide bonds. The summed E-state index contributed by atoms with van der Waals surface area (Å²) in [6, 6.07) is 5.87. The first-order valence-corrected chi connectivity index (χ1v) is 9.43. The number of fused-ring (bicyclic) bond motifs is 1. The van der Waals surface area contributed by atoms with Crippen molar-refractivity contribution in [2.24, 2.45) is 0 Å². The van der Waals surface area contributed by atoms with Crippen LogP contribution in [0.1, 0.15) is 73.1 Å². The normalized spacial score (nSPS) is 16.4. The first kappa shape index (κ1) is 20.9. The summed E-state index contributed by atoms with van der Waals surface area (Å²) in [6.07, 6.45) is 2.11. The van der Waals surface area contributed by atoms with E-state index in [1.54, 1.807) is 7.11 Å². The molecule has 152 valence electrons. The molecule has 0 aromatic heterocycles. The minimum absolute atomic E-state index is 0.0169. The number of carboxylic acid groups (broad SMARTS) is 1. The van der Waals surface area contributed by atoms with E-state index in [0.29, 0.717) is 11.3 Å². The van der Waals surface area contributed by atoms with Crippen LogP contribution in [0.3, 0.4) is 0 Å². The van der Waals surface area contributed by atoms with E-state index in [0.717, 1.165) is 25.0 Å². The van der Waals surface area contributed by atoms with Gasteiger partial charge in [0.1, 0.15) is 22.9 Å². The number of aromatic carboxylic acids is 1. The molecule has 0 aliphatic heterocycles. The van der Waals surface area contributed by atoms with Gasteiger partial charge in [-0.25, -0.2) is 13.6 Å². The average molecular weight is 398 g/mol. The summed E-state index contributed by atoms with van der Waals surface area (Å²) in [5.41, 5.74) is 2.12. The maximum atomic E-state index is 13.9. The first-order valence-electron chi connectivity index (χ1n) is 9.43. The number of methoxy groups -OCH3 is 1. The minimum atomic E-state index is -1.65. The second-order valence-electron chi connectivity index (χ2n) is 8.74. The summed E-state index contributed by atoms with van der Waals surface area (Å²) in [7, 11) is 1.56. The van der Waals surface area contributed by atoms with Crippen molar-refractivity contribution in [2.45, 2.75) is 51.4 Å². The van der Waals surface area contributed by atoms with Crippen LogP contribution < -0.4 is 4.74 Å². The van der Waals surface area contributed by atoms with Crippen molar-refractivity contribution in [1.29, 1.82) is 0 Å². The number of ether oxygens (including phenoxy) is 1. The molecule has 2 aromatic carbocycles. The van der Waals surface area contributed by atoms with E-state index in [-0.39, 0.29) is 16.4 Å². The van der Waals surface area contributed by atoms with Crippen molar-refractivity contribution in [3.05, 3.63) is 63.7 Å². The lowest BCUT2D eigenvalue weighted by Crippen LogP contribution is -2.34. The maximum Gasteiger partial charge on any atom is 0.341 e. The van der Waals surface area contributed by atoms with Crippen molar-refractivity contribution in [3.63, 3.8) is 0 Å². The highest BCUT2D eigenvalue weighted by Gasteiger charge is 2.37. The second-order valence-corrected chi connectivity index (χ2v) is 8.74. The van der Waals surface area contributed by atoms with Crippen LogP contribution in [-0.2, 0) is 10.8 Å². The standard InChI is InChI=1S/C24H24F2O3/c1-23(2)8-9-24(3,4)17-13-20(29-5)15(12-16(17)23)7-6-14-10-18(25)21(22(27)28)19(26)11-14/h10-13H,8-9H2,1-5H3,(H,27,28). The predicted octanol–water partition coefficient (Wildman–Crippen LogP) is 5.42. The third kappa shape index (κ3) is 3.85. The highest BCUT2D eigenvalue weighted by Crippen LogP contribution is 2.47. The molecule has 1 N–H and O–H groups in total. The Hall–Kier alpha value is -2.87. The molecule has 0 saturated heterocycles. The highest BCUT2D eigenvalue weighted by molar-refractivity contribution is 5.88. The van der Waals surface area contributed by atoms with Crippen LogP contribution in [0, 0.1) is 23.5 Å². The van der Waals surface area contributed by atoms with Gasteiger partial charge in [-0.15, -0.1) is 0 Å². The monoisotopic (exact) mass is 398 g/mol. The molecule has 29 heavy (non-hydrogen) atoms. The smallest absolute Gasteiger partial charge is 0.341 e. The molecule has 0 saturated carbocycles. The van der Waals surface area contributed by atoms with Crippen molar-refractivity contribution < 1.29 is 23.4 Å². The highest BCUT2D eigenvalue weighted by atomic mass is 19.1. The first-order chi connectivity index (χ1) is 13.5. The van der Waals surface area contributed by atoms with Gasteiger partial charge in [-0.1, -0.05) is 39.5 Å². The summed E-state index contributed by atoms with van der Waals surface area (Å²) < 4.78 is 33.4. The Morgan fingerprint density at radius 1 is 0.966 bits per heavy atom. The zero-order valence-electron chi connectivity index (χ0n) is 17.2. The molecule has 1 aliphatic rings. The van der Waals surface area contributed by atoms with Crippen LogP contribution >= 0.6 is 0 Å². The Labute approximate surface area is 169 Å². The van der Waals surface area contributed by atoms with E-state index in [2.05, 4.69) is 39.5 Å². The van der Waals surface area contributed by atoms with Gasteiger partial charge in [0.25, 0.3) is 0 Å². The Kier molecular flexibility index (Phi) is 5.17. The molecule has 0 bridgehead atoms. The summed E-state index contributed by atoms with van der Waals surface area (Å²) in [5.74, 6) is 2.33. The van der Waals surface area contributed by atoms with E-state index in [1.807, 2.05) is 12.1 Å². The zero-order valence-corrected chi connectivity index (χ0v) is 17.2. The van der Waals surface area contributed by atoms with E-state index in [9.17, 15) is 13.6 Å². The van der Waals surface area contributed by atoms with Gasteiger partial charge in [0, 0.05) is 5.56 Å². The van der Waals surface area contributed by atoms with E-state index >= 15 is 0 Å². The van der Waals surface area contributed by atoms with Crippen molar-refractivity contribution in [1.82, 2.24) is 0 Å². The number of hydrogen-bond donors (Lipinski definition) is 1. The zero-order chi connectivity index (χ0) is 21.6. The molecule has 3 rings (SSSR count). The lowest BCUT2D eigenvalue weighted by molar-refractivity contribution is 0.0686. The van der Waals surface area contributed by atoms with Gasteiger partial charge in [0.15, 0.2) is 0 Å². The largest absolute Gasteiger partial charge is 0.495 e. The number of hydrogen-bond acceptors (Lipinski definition) is 2. The van der Waals surface area contributed by atoms with Crippen molar-refractivity contribution in [3.8, 4) is 17.6 Å². The number of benzene rings is 2.